The van der Waals surface area contributed by atoms with Crippen LogP contribution in [0.5, 0.6) is 0 Å². The van der Waals surface area contributed by atoms with Gasteiger partial charge in [0.15, 0.2) is 11.6 Å². The maximum atomic E-state index is 13.5. The minimum atomic E-state index is -0.535. The van der Waals surface area contributed by atoms with Crippen LogP contribution in [0.25, 0.3) is 11.5 Å². The van der Waals surface area contributed by atoms with E-state index in [9.17, 15) is 9.18 Å². The van der Waals surface area contributed by atoms with Crippen molar-refractivity contribution < 1.29 is 9.18 Å². The van der Waals surface area contributed by atoms with Crippen molar-refractivity contribution in [3.63, 3.8) is 0 Å². The number of rotatable bonds is 2. The standard InChI is InChI=1S/C17H14ClFN6O/c1-10-11(2-3-12(19)15(10)18)17(26)24-6-7-25-14(9-24)22-23-16(25)13-8-20-4-5-21-13/h2-5,8H,6-7,9H2,1H3. The highest BCUT2D eigenvalue weighted by Gasteiger charge is 2.27. The number of carbonyl (C=O) groups excluding carboxylic acids is 1. The van der Waals surface area contributed by atoms with Crippen molar-refractivity contribution in [3.05, 3.63) is 58.5 Å². The molecule has 0 radical (unpaired) electrons. The van der Waals surface area contributed by atoms with Gasteiger partial charge >= 0.3 is 0 Å². The smallest absolute Gasteiger partial charge is 0.254 e. The van der Waals surface area contributed by atoms with Gasteiger partial charge in [0.25, 0.3) is 5.91 Å². The summed E-state index contributed by atoms with van der Waals surface area (Å²) in [7, 11) is 0. The minimum absolute atomic E-state index is 0.0269. The molecule has 9 heteroatoms. The average Bonchev–Trinajstić information content (AvgIpc) is 3.09. The van der Waals surface area contributed by atoms with E-state index in [1.54, 1.807) is 30.4 Å². The number of nitrogens with zero attached hydrogens (tertiary/aromatic N) is 6. The second-order valence-corrected chi connectivity index (χ2v) is 6.32. The lowest BCUT2D eigenvalue weighted by Crippen LogP contribution is -2.39. The molecule has 0 spiro atoms. The van der Waals surface area contributed by atoms with Crippen LogP contribution in [-0.4, -0.2) is 42.1 Å². The molecule has 2 aromatic heterocycles. The monoisotopic (exact) mass is 372 g/mol. The highest BCUT2D eigenvalue weighted by molar-refractivity contribution is 6.32. The maximum absolute atomic E-state index is 13.5. The van der Waals surface area contributed by atoms with Gasteiger partial charge in [-0.05, 0) is 24.6 Å². The van der Waals surface area contributed by atoms with Crippen LogP contribution in [-0.2, 0) is 13.1 Å². The Labute approximate surface area is 153 Å². The summed E-state index contributed by atoms with van der Waals surface area (Å²) < 4.78 is 15.5. The quantitative estimate of drug-likeness (QED) is 0.690. The molecule has 0 N–H and O–H groups in total. The van der Waals surface area contributed by atoms with Gasteiger partial charge in [0.05, 0.1) is 17.8 Å². The molecule has 1 aliphatic heterocycles. The van der Waals surface area contributed by atoms with Gasteiger partial charge in [-0.2, -0.15) is 0 Å². The first-order valence-electron chi connectivity index (χ1n) is 7.98. The van der Waals surface area contributed by atoms with E-state index in [0.717, 1.165) is 0 Å². The summed E-state index contributed by atoms with van der Waals surface area (Å²) in [5.41, 5.74) is 1.45. The number of carbonyl (C=O) groups is 1. The first-order chi connectivity index (χ1) is 12.6. The van der Waals surface area contributed by atoms with Gasteiger partial charge in [0.1, 0.15) is 11.5 Å². The van der Waals surface area contributed by atoms with Crippen molar-refractivity contribution >= 4 is 17.5 Å². The molecule has 132 valence electrons. The summed E-state index contributed by atoms with van der Waals surface area (Å²) >= 11 is 5.93. The van der Waals surface area contributed by atoms with Gasteiger partial charge in [0.2, 0.25) is 0 Å². The van der Waals surface area contributed by atoms with Crippen LogP contribution >= 0.6 is 11.6 Å². The van der Waals surface area contributed by atoms with Crippen molar-refractivity contribution in [3.8, 4) is 11.5 Å². The summed E-state index contributed by atoms with van der Waals surface area (Å²) in [6, 6.07) is 2.67. The molecular formula is C17H14ClFN6O. The minimum Gasteiger partial charge on any atom is -0.329 e. The molecule has 3 aromatic rings. The lowest BCUT2D eigenvalue weighted by molar-refractivity contribution is 0.0707. The average molecular weight is 373 g/mol. The molecule has 7 nitrogen and oxygen atoms in total. The fourth-order valence-electron chi connectivity index (χ4n) is 2.99. The van der Waals surface area contributed by atoms with Gasteiger partial charge in [0, 0.05) is 31.0 Å². The molecule has 0 atom stereocenters. The lowest BCUT2D eigenvalue weighted by Gasteiger charge is -2.28. The van der Waals surface area contributed by atoms with Gasteiger partial charge < -0.3 is 9.47 Å². The zero-order chi connectivity index (χ0) is 18.3. The summed E-state index contributed by atoms with van der Waals surface area (Å²) in [5, 5.41) is 8.33. The van der Waals surface area contributed by atoms with Gasteiger partial charge in [-0.15, -0.1) is 10.2 Å². The molecule has 0 fully saturated rings. The molecule has 0 unspecified atom stereocenters. The molecule has 0 saturated carbocycles. The van der Waals surface area contributed by atoms with E-state index in [4.69, 9.17) is 11.6 Å². The fourth-order valence-corrected chi connectivity index (χ4v) is 3.15. The molecule has 26 heavy (non-hydrogen) atoms. The summed E-state index contributed by atoms with van der Waals surface area (Å²) in [5.74, 6) is 0.546. The Hall–Kier alpha value is -2.87. The van der Waals surface area contributed by atoms with Crippen LogP contribution in [0.15, 0.2) is 30.7 Å². The SMILES string of the molecule is Cc1c(C(=O)N2CCn3c(nnc3-c3cnccn3)C2)ccc(F)c1Cl. The number of fused-ring (bicyclic) bond motifs is 1. The van der Waals surface area contributed by atoms with Crippen molar-refractivity contribution in [1.82, 2.24) is 29.6 Å². The van der Waals surface area contributed by atoms with Crippen LogP contribution in [0.3, 0.4) is 0 Å². The molecule has 0 aliphatic carbocycles. The van der Waals surface area contributed by atoms with Crippen LogP contribution in [0.4, 0.5) is 4.39 Å². The molecule has 3 heterocycles. The molecular weight excluding hydrogens is 359 g/mol. The summed E-state index contributed by atoms with van der Waals surface area (Å²) in [6.45, 7) is 2.96. The van der Waals surface area contributed by atoms with Crippen LogP contribution < -0.4 is 0 Å². The van der Waals surface area contributed by atoms with Crippen molar-refractivity contribution in [2.24, 2.45) is 0 Å². The lowest BCUT2D eigenvalue weighted by atomic mass is 10.1. The van der Waals surface area contributed by atoms with E-state index in [0.29, 0.717) is 48.1 Å². The van der Waals surface area contributed by atoms with E-state index in [1.165, 1.54) is 12.1 Å². The Morgan fingerprint density at radius 2 is 2.08 bits per heavy atom. The van der Waals surface area contributed by atoms with E-state index in [1.807, 2.05) is 4.57 Å². The zero-order valence-corrected chi connectivity index (χ0v) is 14.6. The molecule has 1 amide bonds. The number of aromatic nitrogens is 5. The first kappa shape index (κ1) is 16.6. The normalized spacial score (nSPS) is 13.6. The Morgan fingerprint density at radius 3 is 2.85 bits per heavy atom. The highest BCUT2D eigenvalue weighted by Crippen LogP contribution is 2.26. The van der Waals surface area contributed by atoms with Crippen LogP contribution in [0.1, 0.15) is 21.7 Å². The number of amides is 1. The zero-order valence-electron chi connectivity index (χ0n) is 13.9. The third kappa shape index (κ3) is 2.72. The third-order valence-corrected chi connectivity index (χ3v) is 4.87. The predicted octanol–water partition coefficient (Wildman–Crippen LogP) is 2.49. The largest absolute Gasteiger partial charge is 0.329 e. The maximum Gasteiger partial charge on any atom is 0.254 e. The summed E-state index contributed by atoms with van der Waals surface area (Å²) in [4.78, 5) is 22.8. The van der Waals surface area contributed by atoms with Gasteiger partial charge in [-0.3, -0.25) is 9.78 Å². The second kappa shape index (κ2) is 6.45. The Morgan fingerprint density at radius 1 is 1.23 bits per heavy atom. The summed E-state index contributed by atoms with van der Waals surface area (Å²) in [6.07, 6.45) is 4.81. The molecule has 4 rings (SSSR count). The van der Waals surface area contributed by atoms with E-state index in [2.05, 4.69) is 20.2 Å². The van der Waals surface area contributed by atoms with Crippen molar-refractivity contribution in [1.29, 1.82) is 0 Å². The van der Waals surface area contributed by atoms with E-state index < -0.39 is 5.82 Å². The molecule has 0 saturated heterocycles. The predicted molar refractivity (Wildman–Crippen MR) is 91.9 cm³/mol. The number of hydrogen-bond donors (Lipinski definition) is 0. The highest BCUT2D eigenvalue weighted by atomic mass is 35.5. The Balaban J connectivity index is 1.61. The van der Waals surface area contributed by atoms with Crippen molar-refractivity contribution in [2.45, 2.75) is 20.0 Å². The third-order valence-electron chi connectivity index (χ3n) is 4.40. The fraction of sp³-hybridized carbons (Fsp3) is 0.235. The number of halogens is 2. The molecule has 0 bridgehead atoms. The Kier molecular flexibility index (Phi) is 4.12. The number of benzene rings is 1. The second-order valence-electron chi connectivity index (χ2n) is 5.94. The van der Waals surface area contributed by atoms with Crippen molar-refractivity contribution in [2.75, 3.05) is 6.54 Å². The number of hydrogen-bond acceptors (Lipinski definition) is 5. The van der Waals surface area contributed by atoms with Gasteiger partial charge in [-0.1, -0.05) is 11.6 Å². The van der Waals surface area contributed by atoms with Crippen LogP contribution in [0.2, 0.25) is 5.02 Å². The van der Waals surface area contributed by atoms with E-state index in [-0.39, 0.29) is 10.9 Å². The molecule has 1 aromatic carbocycles. The first-order valence-corrected chi connectivity index (χ1v) is 8.36. The topological polar surface area (TPSA) is 76.8 Å². The van der Waals surface area contributed by atoms with E-state index >= 15 is 0 Å². The van der Waals surface area contributed by atoms with Crippen LogP contribution in [0, 0.1) is 12.7 Å². The Bertz CT molecular complexity index is 990. The molecule has 1 aliphatic rings. The van der Waals surface area contributed by atoms with Gasteiger partial charge in [-0.25, -0.2) is 9.37 Å².